The molecule has 2 aromatic carbocycles. The Kier molecular flexibility index (Phi) is 5.27. The molecule has 0 aliphatic rings. The molecule has 0 radical (unpaired) electrons. The Bertz CT molecular complexity index is 1210. The van der Waals surface area contributed by atoms with E-state index in [-0.39, 0.29) is 18.2 Å². The summed E-state index contributed by atoms with van der Waals surface area (Å²) >= 11 is 0. The zero-order chi connectivity index (χ0) is 21.3. The van der Waals surface area contributed by atoms with Crippen LogP contribution >= 0.6 is 0 Å². The number of carbonyl (C=O) groups excluding carboxylic acids is 1. The number of aromatic amines is 1. The second kappa shape index (κ2) is 8.02. The highest BCUT2D eigenvalue weighted by molar-refractivity contribution is 5.92. The lowest BCUT2D eigenvalue weighted by Crippen LogP contribution is -2.27. The summed E-state index contributed by atoms with van der Waals surface area (Å²) in [7, 11) is 1.71. The van der Waals surface area contributed by atoms with Crippen molar-refractivity contribution in [1.29, 1.82) is 0 Å². The van der Waals surface area contributed by atoms with Gasteiger partial charge < -0.3 is 19.1 Å². The van der Waals surface area contributed by atoms with Gasteiger partial charge in [0.2, 0.25) is 0 Å². The van der Waals surface area contributed by atoms with Gasteiger partial charge in [-0.05, 0) is 49.6 Å². The van der Waals surface area contributed by atoms with Gasteiger partial charge in [0.15, 0.2) is 11.5 Å². The minimum atomic E-state index is -0.242. The van der Waals surface area contributed by atoms with Gasteiger partial charge in [-0.3, -0.25) is 4.79 Å². The molecule has 0 saturated heterocycles. The molecule has 7 heteroatoms. The number of ether oxygens (including phenoxy) is 1. The van der Waals surface area contributed by atoms with Crippen LogP contribution in [0.4, 0.5) is 0 Å². The quantitative estimate of drug-likeness (QED) is 0.517. The third kappa shape index (κ3) is 4.05. The van der Waals surface area contributed by atoms with Gasteiger partial charge in [0.1, 0.15) is 18.2 Å². The standard InChI is InChI=1S/C23H24N4O3/c1-14-8-9-15(2)20(10-14)29-13-17-11-19(26-30-17)23(28)27(4)12-21-24-18-7-5-6-16(3)22(18)25-21/h5-11H,12-13H2,1-4H3,(H,24,25). The molecule has 0 aliphatic carbocycles. The molecule has 2 aromatic heterocycles. The van der Waals surface area contributed by atoms with Gasteiger partial charge in [0.05, 0.1) is 17.6 Å². The topological polar surface area (TPSA) is 84.2 Å². The molecule has 0 unspecified atom stereocenters. The lowest BCUT2D eigenvalue weighted by atomic mass is 10.1. The number of hydrogen-bond acceptors (Lipinski definition) is 5. The average molecular weight is 404 g/mol. The summed E-state index contributed by atoms with van der Waals surface area (Å²) in [6.07, 6.45) is 0. The number of amides is 1. The number of imidazole rings is 1. The van der Waals surface area contributed by atoms with Crippen LogP contribution in [-0.4, -0.2) is 33.0 Å². The van der Waals surface area contributed by atoms with Crippen LogP contribution in [0.5, 0.6) is 5.75 Å². The van der Waals surface area contributed by atoms with Gasteiger partial charge in [-0.25, -0.2) is 4.98 Å². The van der Waals surface area contributed by atoms with Crippen molar-refractivity contribution in [3.05, 3.63) is 76.4 Å². The molecular formula is C23H24N4O3. The molecule has 154 valence electrons. The highest BCUT2D eigenvalue weighted by Gasteiger charge is 2.19. The Morgan fingerprint density at radius 1 is 1.13 bits per heavy atom. The summed E-state index contributed by atoms with van der Waals surface area (Å²) in [5, 5.41) is 3.91. The molecular weight excluding hydrogens is 380 g/mol. The molecule has 1 amide bonds. The number of para-hydroxylation sites is 1. The monoisotopic (exact) mass is 404 g/mol. The summed E-state index contributed by atoms with van der Waals surface area (Å²) in [5.74, 6) is 1.76. The molecule has 0 aliphatic heterocycles. The lowest BCUT2D eigenvalue weighted by molar-refractivity contribution is 0.0771. The largest absolute Gasteiger partial charge is 0.485 e. The van der Waals surface area contributed by atoms with Crippen molar-refractivity contribution in [3.63, 3.8) is 0 Å². The zero-order valence-electron chi connectivity index (χ0n) is 17.5. The van der Waals surface area contributed by atoms with E-state index in [1.807, 2.05) is 57.2 Å². The van der Waals surface area contributed by atoms with Crippen LogP contribution in [0.25, 0.3) is 11.0 Å². The SMILES string of the molecule is Cc1ccc(C)c(OCc2cc(C(=O)N(C)Cc3nc4c(C)cccc4[nH]3)no2)c1. The van der Waals surface area contributed by atoms with Crippen molar-refractivity contribution in [2.45, 2.75) is 33.9 Å². The maximum atomic E-state index is 12.7. The first kappa shape index (κ1) is 19.7. The van der Waals surface area contributed by atoms with Crippen LogP contribution in [0, 0.1) is 20.8 Å². The van der Waals surface area contributed by atoms with E-state index in [4.69, 9.17) is 9.26 Å². The Labute approximate surface area is 174 Å². The van der Waals surface area contributed by atoms with Crippen LogP contribution in [0.1, 0.15) is 38.8 Å². The Balaban J connectivity index is 1.41. The number of benzene rings is 2. The summed E-state index contributed by atoms with van der Waals surface area (Å²) in [5.41, 5.74) is 5.36. The number of aromatic nitrogens is 3. The number of nitrogens with zero attached hydrogens (tertiary/aromatic N) is 3. The molecule has 30 heavy (non-hydrogen) atoms. The van der Waals surface area contributed by atoms with E-state index in [0.717, 1.165) is 39.3 Å². The molecule has 0 atom stereocenters. The third-order valence-corrected chi connectivity index (χ3v) is 4.99. The number of H-pyrrole nitrogens is 1. The van der Waals surface area contributed by atoms with Gasteiger partial charge in [-0.2, -0.15) is 0 Å². The molecule has 1 N–H and O–H groups in total. The lowest BCUT2D eigenvalue weighted by Gasteiger charge is -2.13. The van der Waals surface area contributed by atoms with E-state index in [1.165, 1.54) is 0 Å². The predicted octanol–water partition coefficient (Wildman–Crippen LogP) is 4.33. The Morgan fingerprint density at radius 2 is 1.97 bits per heavy atom. The number of nitrogens with one attached hydrogen (secondary N) is 1. The summed E-state index contributed by atoms with van der Waals surface area (Å²) < 4.78 is 11.1. The second-order valence-electron chi connectivity index (χ2n) is 7.55. The first-order valence-corrected chi connectivity index (χ1v) is 9.76. The maximum absolute atomic E-state index is 12.7. The van der Waals surface area contributed by atoms with E-state index in [2.05, 4.69) is 15.1 Å². The molecule has 0 saturated carbocycles. The molecule has 4 rings (SSSR count). The molecule has 2 heterocycles. The van der Waals surface area contributed by atoms with Crippen LogP contribution in [0.15, 0.2) is 47.0 Å². The first-order valence-electron chi connectivity index (χ1n) is 9.76. The van der Waals surface area contributed by atoms with E-state index in [0.29, 0.717) is 12.3 Å². The number of carbonyl (C=O) groups is 1. The fraction of sp³-hybridized carbons (Fsp3) is 0.261. The Morgan fingerprint density at radius 3 is 2.77 bits per heavy atom. The normalized spacial score (nSPS) is 11.1. The molecule has 0 spiro atoms. The number of aryl methyl sites for hydroxylation is 3. The highest BCUT2D eigenvalue weighted by atomic mass is 16.5. The van der Waals surface area contributed by atoms with Crippen molar-refractivity contribution in [3.8, 4) is 5.75 Å². The molecule has 0 fully saturated rings. The van der Waals surface area contributed by atoms with Crippen molar-refractivity contribution in [2.75, 3.05) is 7.05 Å². The van der Waals surface area contributed by atoms with E-state index < -0.39 is 0 Å². The fourth-order valence-electron chi connectivity index (χ4n) is 3.29. The van der Waals surface area contributed by atoms with Crippen LogP contribution < -0.4 is 4.74 Å². The van der Waals surface area contributed by atoms with E-state index in [1.54, 1.807) is 18.0 Å². The first-order chi connectivity index (χ1) is 14.4. The van der Waals surface area contributed by atoms with Gasteiger partial charge in [0.25, 0.3) is 5.91 Å². The fourth-order valence-corrected chi connectivity index (χ4v) is 3.29. The highest BCUT2D eigenvalue weighted by Crippen LogP contribution is 2.21. The van der Waals surface area contributed by atoms with Crippen LogP contribution in [0.2, 0.25) is 0 Å². The van der Waals surface area contributed by atoms with E-state index in [9.17, 15) is 4.79 Å². The van der Waals surface area contributed by atoms with E-state index >= 15 is 0 Å². The summed E-state index contributed by atoms with van der Waals surface area (Å²) in [4.78, 5) is 22.2. The minimum Gasteiger partial charge on any atom is -0.485 e. The van der Waals surface area contributed by atoms with Crippen molar-refractivity contribution >= 4 is 16.9 Å². The van der Waals surface area contributed by atoms with Gasteiger partial charge in [-0.1, -0.05) is 29.4 Å². The molecule has 0 bridgehead atoms. The number of hydrogen-bond donors (Lipinski definition) is 1. The predicted molar refractivity (Wildman–Crippen MR) is 113 cm³/mol. The van der Waals surface area contributed by atoms with Gasteiger partial charge >= 0.3 is 0 Å². The zero-order valence-corrected chi connectivity index (χ0v) is 17.5. The molecule has 7 nitrogen and oxygen atoms in total. The Hall–Kier alpha value is -3.61. The average Bonchev–Trinajstić information content (AvgIpc) is 3.35. The summed E-state index contributed by atoms with van der Waals surface area (Å²) in [6, 6.07) is 13.6. The number of rotatable bonds is 6. The summed E-state index contributed by atoms with van der Waals surface area (Å²) in [6.45, 7) is 6.56. The van der Waals surface area contributed by atoms with Crippen LogP contribution in [0.3, 0.4) is 0 Å². The van der Waals surface area contributed by atoms with Crippen molar-refractivity contribution in [1.82, 2.24) is 20.0 Å². The van der Waals surface area contributed by atoms with Gasteiger partial charge in [-0.15, -0.1) is 0 Å². The third-order valence-electron chi connectivity index (χ3n) is 4.99. The molecule has 4 aromatic rings. The second-order valence-corrected chi connectivity index (χ2v) is 7.55. The number of fused-ring (bicyclic) bond motifs is 1. The van der Waals surface area contributed by atoms with Gasteiger partial charge in [0, 0.05) is 13.1 Å². The van der Waals surface area contributed by atoms with Crippen molar-refractivity contribution in [2.24, 2.45) is 0 Å². The maximum Gasteiger partial charge on any atom is 0.276 e. The minimum absolute atomic E-state index is 0.205. The van der Waals surface area contributed by atoms with Crippen molar-refractivity contribution < 1.29 is 14.1 Å². The van der Waals surface area contributed by atoms with Crippen LogP contribution in [-0.2, 0) is 13.2 Å². The smallest absolute Gasteiger partial charge is 0.276 e.